The highest BCUT2D eigenvalue weighted by atomic mass is 16.6. The first-order chi connectivity index (χ1) is 10.9. The molecule has 2 atom stereocenters. The van der Waals surface area contributed by atoms with Crippen LogP contribution in [0.3, 0.4) is 0 Å². The average molecular weight is 324 g/mol. The van der Waals surface area contributed by atoms with Crippen LogP contribution in [0, 0.1) is 0 Å². The minimum Gasteiger partial charge on any atom is -0.460 e. The van der Waals surface area contributed by atoms with Crippen LogP contribution in [0.15, 0.2) is 10.1 Å². The summed E-state index contributed by atoms with van der Waals surface area (Å²) in [5, 5.41) is 10.8. The number of ether oxygens (including phenoxy) is 1. The predicted octanol–water partition coefficient (Wildman–Crippen LogP) is 1.58. The molecular formula is C16H28N4O3. The Labute approximate surface area is 137 Å². The van der Waals surface area contributed by atoms with Gasteiger partial charge in [-0.25, -0.2) is 0 Å². The van der Waals surface area contributed by atoms with Gasteiger partial charge in [-0.3, -0.25) is 9.79 Å². The fourth-order valence-electron chi connectivity index (χ4n) is 2.55. The van der Waals surface area contributed by atoms with Gasteiger partial charge in [0.05, 0.1) is 18.2 Å². The molecule has 0 aromatic heterocycles. The molecule has 2 aliphatic rings. The second kappa shape index (κ2) is 7.66. The number of carbonyl (C=O) groups excluding carboxylic acids is 1. The van der Waals surface area contributed by atoms with Crippen molar-refractivity contribution in [1.82, 2.24) is 10.6 Å². The van der Waals surface area contributed by atoms with E-state index in [1.807, 2.05) is 20.8 Å². The second-order valence-electron chi connectivity index (χ2n) is 6.92. The van der Waals surface area contributed by atoms with Gasteiger partial charge >= 0.3 is 5.97 Å². The van der Waals surface area contributed by atoms with Gasteiger partial charge in [0.1, 0.15) is 11.7 Å². The Bertz CT molecular complexity index is 482. The minimum atomic E-state index is -0.475. The quantitative estimate of drug-likeness (QED) is 0.750. The van der Waals surface area contributed by atoms with Crippen molar-refractivity contribution in [1.29, 1.82) is 0 Å². The van der Waals surface area contributed by atoms with E-state index in [0.29, 0.717) is 6.42 Å². The van der Waals surface area contributed by atoms with Crippen LogP contribution >= 0.6 is 0 Å². The van der Waals surface area contributed by atoms with Crippen molar-refractivity contribution in [3.63, 3.8) is 0 Å². The number of aliphatic imine (C=N–C) groups is 1. The summed E-state index contributed by atoms with van der Waals surface area (Å²) < 4.78 is 5.33. The number of nitrogens with zero attached hydrogens (tertiary/aromatic N) is 2. The first-order valence-corrected chi connectivity index (χ1v) is 8.36. The number of carbonyl (C=O) groups is 1. The van der Waals surface area contributed by atoms with Crippen LogP contribution in [0.2, 0.25) is 0 Å². The standard InChI is InChI=1S/C16H28N4O3/c1-5-12(19-15-17-7-6-8-18-15)13-9-11(23-20-13)10-14(21)22-16(2,3)4/h11-12H,5-10H2,1-4H3,(H2,17,18,19). The SMILES string of the molecule is CCC(NC1=NCCCN1)C1=NOC(CC(=O)OC(C)(C)C)C1. The molecule has 0 spiro atoms. The summed E-state index contributed by atoms with van der Waals surface area (Å²) in [7, 11) is 0. The van der Waals surface area contributed by atoms with E-state index >= 15 is 0 Å². The smallest absolute Gasteiger partial charge is 0.310 e. The van der Waals surface area contributed by atoms with Crippen LogP contribution in [-0.4, -0.2) is 48.5 Å². The van der Waals surface area contributed by atoms with E-state index in [0.717, 1.165) is 37.6 Å². The number of guanidine groups is 1. The number of nitrogens with one attached hydrogen (secondary N) is 2. The van der Waals surface area contributed by atoms with Crippen molar-refractivity contribution in [2.24, 2.45) is 10.1 Å². The largest absolute Gasteiger partial charge is 0.460 e. The third-order valence-corrected chi connectivity index (χ3v) is 3.59. The molecule has 0 saturated heterocycles. The van der Waals surface area contributed by atoms with E-state index in [2.05, 4.69) is 27.7 Å². The zero-order chi connectivity index (χ0) is 16.9. The summed E-state index contributed by atoms with van der Waals surface area (Å²) in [5.74, 6) is 0.569. The maximum Gasteiger partial charge on any atom is 0.310 e. The van der Waals surface area contributed by atoms with Crippen molar-refractivity contribution in [3.8, 4) is 0 Å². The van der Waals surface area contributed by atoms with Gasteiger partial charge in [0, 0.05) is 19.5 Å². The molecule has 2 heterocycles. The highest BCUT2D eigenvalue weighted by Crippen LogP contribution is 2.19. The molecule has 7 heteroatoms. The lowest BCUT2D eigenvalue weighted by atomic mass is 10.0. The van der Waals surface area contributed by atoms with Gasteiger partial charge in [-0.2, -0.15) is 0 Å². The minimum absolute atomic E-state index is 0.0722. The van der Waals surface area contributed by atoms with E-state index in [4.69, 9.17) is 9.57 Å². The molecule has 130 valence electrons. The molecule has 0 saturated carbocycles. The summed E-state index contributed by atoms with van der Waals surface area (Å²) in [5.41, 5.74) is 0.452. The zero-order valence-electron chi connectivity index (χ0n) is 14.5. The molecule has 0 aromatic carbocycles. The van der Waals surface area contributed by atoms with Gasteiger partial charge in [-0.1, -0.05) is 12.1 Å². The third-order valence-electron chi connectivity index (χ3n) is 3.59. The Morgan fingerprint density at radius 1 is 1.52 bits per heavy atom. The molecule has 0 radical (unpaired) electrons. The maximum absolute atomic E-state index is 11.9. The van der Waals surface area contributed by atoms with Gasteiger partial charge in [-0.05, 0) is 33.6 Å². The molecule has 7 nitrogen and oxygen atoms in total. The highest BCUT2D eigenvalue weighted by Gasteiger charge is 2.30. The van der Waals surface area contributed by atoms with Crippen LogP contribution in [0.1, 0.15) is 53.4 Å². The molecule has 0 aliphatic carbocycles. The van der Waals surface area contributed by atoms with Gasteiger partial charge in [0.2, 0.25) is 0 Å². The average Bonchev–Trinajstić information content (AvgIpc) is 2.92. The first kappa shape index (κ1) is 17.6. The molecule has 2 N–H and O–H groups in total. The lowest BCUT2D eigenvalue weighted by Crippen LogP contribution is -2.48. The Kier molecular flexibility index (Phi) is 5.85. The lowest BCUT2D eigenvalue weighted by molar-refractivity contribution is -0.157. The summed E-state index contributed by atoms with van der Waals surface area (Å²) >= 11 is 0. The number of esters is 1. The summed E-state index contributed by atoms with van der Waals surface area (Å²) in [4.78, 5) is 21.7. The molecule has 0 amide bonds. The lowest BCUT2D eigenvalue weighted by Gasteiger charge is -2.22. The topological polar surface area (TPSA) is 84.3 Å². The molecule has 0 fully saturated rings. The monoisotopic (exact) mass is 324 g/mol. The molecule has 23 heavy (non-hydrogen) atoms. The zero-order valence-corrected chi connectivity index (χ0v) is 14.5. The van der Waals surface area contributed by atoms with Crippen molar-refractivity contribution in [2.45, 2.75) is 71.1 Å². The summed E-state index contributed by atoms with van der Waals surface area (Å²) in [6.45, 7) is 9.44. The second-order valence-corrected chi connectivity index (χ2v) is 6.92. The number of hydrogen-bond acceptors (Lipinski definition) is 7. The molecule has 2 rings (SSSR count). The van der Waals surface area contributed by atoms with E-state index in [9.17, 15) is 4.79 Å². The number of oxime groups is 1. The van der Waals surface area contributed by atoms with Gasteiger partial charge in [0.25, 0.3) is 0 Å². The molecule has 2 unspecified atom stereocenters. The van der Waals surface area contributed by atoms with Crippen molar-refractivity contribution < 1.29 is 14.4 Å². The Morgan fingerprint density at radius 2 is 2.30 bits per heavy atom. The van der Waals surface area contributed by atoms with Crippen molar-refractivity contribution >= 4 is 17.6 Å². The molecule has 0 bridgehead atoms. The van der Waals surface area contributed by atoms with E-state index in [1.54, 1.807) is 0 Å². The van der Waals surface area contributed by atoms with E-state index < -0.39 is 5.60 Å². The molecule has 2 aliphatic heterocycles. The normalized spacial score (nSPS) is 22.3. The highest BCUT2D eigenvalue weighted by molar-refractivity contribution is 5.94. The van der Waals surface area contributed by atoms with Gasteiger partial charge < -0.3 is 20.2 Å². The van der Waals surface area contributed by atoms with Gasteiger partial charge in [0.15, 0.2) is 5.96 Å². The fourth-order valence-corrected chi connectivity index (χ4v) is 2.55. The Hall–Kier alpha value is -1.79. The predicted molar refractivity (Wildman–Crippen MR) is 89.5 cm³/mol. The summed E-state index contributed by atoms with van der Waals surface area (Å²) in [6, 6.07) is 0.0722. The van der Waals surface area contributed by atoms with Crippen molar-refractivity contribution in [2.75, 3.05) is 13.1 Å². The van der Waals surface area contributed by atoms with Crippen LogP contribution in [0.25, 0.3) is 0 Å². The molecule has 0 aromatic rings. The number of hydrogen-bond donors (Lipinski definition) is 2. The fraction of sp³-hybridized carbons (Fsp3) is 0.812. The Morgan fingerprint density at radius 3 is 2.91 bits per heavy atom. The maximum atomic E-state index is 11.9. The number of rotatable bonds is 5. The van der Waals surface area contributed by atoms with Gasteiger partial charge in [-0.15, -0.1) is 0 Å². The van der Waals surface area contributed by atoms with E-state index in [1.165, 1.54) is 0 Å². The van der Waals surface area contributed by atoms with Crippen LogP contribution in [0.5, 0.6) is 0 Å². The van der Waals surface area contributed by atoms with E-state index in [-0.39, 0.29) is 24.5 Å². The summed E-state index contributed by atoms with van der Waals surface area (Å²) in [6.07, 6.45) is 2.56. The van der Waals surface area contributed by atoms with Crippen LogP contribution in [-0.2, 0) is 14.4 Å². The van der Waals surface area contributed by atoms with Crippen molar-refractivity contribution in [3.05, 3.63) is 0 Å². The van der Waals surface area contributed by atoms with Crippen LogP contribution in [0.4, 0.5) is 0 Å². The molecular weight excluding hydrogens is 296 g/mol. The third kappa shape index (κ3) is 5.73. The first-order valence-electron chi connectivity index (χ1n) is 8.36. The Balaban J connectivity index is 1.82. The van der Waals surface area contributed by atoms with Crippen LogP contribution < -0.4 is 10.6 Å².